The van der Waals surface area contributed by atoms with Crippen molar-refractivity contribution in [3.8, 4) is 0 Å². The maximum Gasteiger partial charge on any atom is 0.354 e. The highest BCUT2D eigenvalue weighted by molar-refractivity contribution is 5.86. The number of carbonyl (C=O) groups is 1. The number of aromatic carboxylic acids is 1. The third-order valence-corrected chi connectivity index (χ3v) is 2.01. The fourth-order valence-electron chi connectivity index (χ4n) is 1.24. The monoisotopic (exact) mass is 238 g/mol. The van der Waals surface area contributed by atoms with Crippen molar-refractivity contribution in [1.82, 2.24) is 4.98 Å². The summed E-state index contributed by atoms with van der Waals surface area (Å²) < 4.78 is 5.40. The number of carboxylic acid groups (broad SMARTS) is 1. The van der Waals surface area contributed by atoms with E-state index in [-0.39, 0.29) is 5.69 Å². The van der Waals surface area contributed by atoms with Gasteiger partial charge in [-0.25, -0.2) is 9.78 Å². The van der Waals surface area contributed by atoms with Crippen LogP contribution in [0.25, 0.3) is 0 Å². The summed E-state index contributed by atoms with van der Waals surface area (Å²) in [7, 11) is 0. The zero-order chi connectivity index (χ0) is 12.7. The smallest absolute Gasteiger partial charge is 0.354 e. The van der Waals surface area contributed by atoms with Gasteiger partial charge in [0.15, 0.2) is 0 Å². The van der Waals surface area contributed by atoms with Crippen molar-refractivity contribution in [3.63, 3.8) is 0 Å². The maximum absolute atomic E-state index is 10.7. The highest BCUT2D eigenvalue weighted by atomic mass is 16.5. The van der Waals surface area contributed by atoms with Gasteiger partial charge in [0, 0.05) is 25.0 Å². The van der Waals surface area contributed by atoms with E-state index in [9.17, 15) is 4.79 Å². The molecule has 0 aliphatic rings. The Kier molecular flexibility index (Phi) is 5.42. The predicted molar refractivity (Wildman–Crippen MR) is 65.3 cm³/mol. The third kappa shape index (κ3) is 5.31. The fraction of sp³-hybridized carbons (Fsp3) is 0.500. The minimum absolute atomic E-state index is 0.0399. The average molecular weight is 238 g/mol. The number of aromatic nitrogens is 1. The van der Waals surface area contributed by atoms with Gasteiger partial charge >= 0.3 is 5.97 Å². The van der Waals surface area contributed by atoms with Crippen molar-refractivity contribution in [2.24, 2.45) is 5.92 Å². The zero-order valence-corrected chi connectivity index (χ0v) is 10.1. The lowest BCUT2D eigenvalue weighted by molar-refractivity contribution is 0.0690. The maximum atomic E-state index is 10.7. The topological polar surface area (TPSA) is 71.5 Å². The van der Waals surface area contributed by atoms with E-state index >= 15 is 0 Å². The highest BCUT2D eigenvalue weighted by Crippen LogP contribution is 2.07. The number of anilines is 1. The molecule has 17 heavy (non-hydrogen) atoms. The standard InChI is InChI=1S/C12H18N2O3/c1-9(2)8-17-6-5-13-10-3-4-14-11(7-10)12(15)16/h3-4,7,9H,5-6,8H2,1-2H3,(H,13,14)(H,15,16). The lowest BCUT2D eigenvalue weighted by atomic mass is 10.2. The number of nitrogens with zero attached hydrogens (tertiary/aromatic N) is 1. The van der Waals surface area contributed by atoms with Crippen molar-refractivity contribution in [1.29, 1.82) is 0 Å². The van der Waals surface area contributed by atoms with Crippen LogP contribution in [0.15, 0.2) is 18.3 Å². The molecule has 0 fully saturated rings. The van der Waals surface area contributed by atoms with Crippen LogP contribution in [-0.4, -0.2) is 35.8 Å². The minimum Gasteiger partial charge on any atom is -0.477 e. The first-order valence-electron chi connectivity index (χ1n) is 5.60. The number of rotatable bonds is 7. The van der Waals surface area contributed by atoms with Gasteiger partial charge in [-0.3, -0.25) is 0 Å². The van der Waals surface area contributed by atoms with E-state index in [0.29, 0.717) is 19.1 Å². The molecular formula is C12H18N2O3. The lowest BCUT2D eigenvalue weighted by Crippen LogP contribution is -2.12. The van der Waals surface area contributed by atoms with Crippen LogP contribution in [-0.2, 0) is 4.74 Å². The van der Waals surface area contributed by atoms with Gasteiger partial charge in [-0.1, -0.05) is 13.8 Å². The zero-order valence-electron chi connectivity index (χ0n) is 10.1. The van der Waals surface area contributed by atoms with E-state index in [1.54, 1.807) is 6.07 Å². The first-order chi connectivity index (χ1) is 8.09. The second kappa shape index (κ2) is 6.85. The van der Waals surface area contributed by atoms with Crippen molar-refractivity contribution in [2.45, 2.75) is 13.8 Å². The molecule has 5 nitrogen and oxygen atoms in total. The molecule has 0 radical (unpaired) electrons. The van der Waals surface area contributed by atoms with Gasteiger partial charge in [-0.05, 0) is 18.1 Å². The Balaban J connectivity index is 2.31. The molecule has 0 amide bonds. The average Bonchev–Trinajstić information content (AvgIpc) is 2.28. The van der Waals surface area contributed by atoms with Crippen molar-refractivity contribution in [2.75, 3.05) is 25.1 Å². The number of pyridine rings is 1. The van der Waals surface area contributed by atoms with Gasteiger partial charge < -0.3 is 15.2 Å². The summed E-state index contributed by atoms with van der Waals surface area (Å²) in [5.41, 5.74) is 0.781. The number of nitrogens with one attached hydrogen (secondary N) is 1. The quantitative estimate of drug-likeness (QED) is 0.709. The second-order valence-electron chi connectivity index (χ2n) is 4.13. The van der Waals surface area contributed by atoms with Crippen LogP contribution in [0.1, 0.15) is 24.3 Å². The first kappa shape index (κ1) is 13.4. The summed E-state index contributed by atoms with van der Waals surface area (Å²) in [5, 5.41) is 11.9. The van der Waals surface area contributed by atoms with Crippen molar-refractivity contribution >= 4 is 11.7 Å². The number of hydrogen-bond acceptors (Lipinski definition) is 4. The number of ether oxygens (including phenoxy) is 1. The molecule has 0 atom stereocenters. The molecule has 0 bridgehead atoms. The summed E-state index contributed by atoms with van der Waals surface area (Å²) in [6.07, 6.45) is 1.47. The Morgan fingerprint density at radius 1 is 1.59 bits per heavy atom. The molecule has 94 valence electrons. The Morgan fingerprint density at radius 3 is 3.00 bits per heavy atom. The van der Waals surface area contributed by atoms with Crippen molar-refractivity contribution < 1.29 is 14.6 Å². The molecule has 0 aliphatic carbocycles. The second-order valence-corrected chi connectivity index (χ2v) is 4.13. The van der Waals surface area contributed by atoms with Crippen molar-refractivity contribution in [3.05, 3.63) is 24.0 Å². The Hall–Kier alpha value is -1.62. The molecule has 1 aromatic rings. The summed E-state index contributed by atoms with van der Waals surface area (Å²) in [6, 6.07) is 3.24. The molecule has 0 saturated heterocycles. The SMILES string of the molecule is CC(C)COCCNc1ccnc(C(=O)O)c1. The van der Waals surface area contributed by atoms with E-state index in [1.807, 2.05) is 0 Å². The molecular weight excluding hydrogens is 220 g/mol. The van der Waals surface area contributed by atoms with Crippen LogP contribution < -0.4 is 5.32 Å². The van der Waals surface area contributed by atoms with Crippen LogP contribution in [0.2, 0.25) is 0 Å². The van der Waals surface area contributed by atoms with E-state index in [1.165, 1.54) is 12.3 Å². The Labute approximate surface area is 101 Å². The molecule has 0 saturated carbocycles. The van der Waals surface area contributed by atoms with E-state index in [2.05, 4.69) is 24.1 Å². The molecule has 1 heterocycles. The summed E-state index contributed by atoms with van der Waals surface area (Å²) in [5.74, 6) is -0.501. The van der Waals surface area contributed by atoms with E-state index in [0.717, 1.165) is 12.3 Å². The molecule has 1 aromatic heterocycles. The van der Waals surface area contributed by atoms with E-state index in [4.69, 9.17) is 9.84 Å². The van der Waals surface area contributed by atoms with Crippen LogP contribution in [0, 0.1) is 5.92 Å². The number of hydrogen-bond donors (Lipinski definition) is 2. The summed E-state index contributed by atoms with van der Waals surface area (Å²) >= 11 is 0. The van der Waals surface area contributed by atoms with Gasteiger partial charge in [0.2, 0.25) is 0 Å². The molecule has 5 heteroatoms. The van der Waals surface area contributed by atoms with Gasteiger partial charge in [0.05, 0.1) is 6.61 Å². The molecule has 2 N–H and O–H groups in total. The molecule has 0 unspecified atom stereocenters. The van der Waals surface area contributed by atoms with Crippen LogP contribution in [0.3, 0.4) is 0 Å². The minimum atomic E-state index is -1.02. The largest absolute Gasteiger partial charge is 0.477 e. The highest BCUT2D eigenvalue weighted by Gasteiger charge is 2.04. The van der Waals surface area contributed by atoms with Gasteiger partial charge in [0.25, 0.3) is 0 Å². The van der Waals surface area contributed by atoms with Crippen LogP contribution in [0.5, 0.6) is 0 Å². The fourth-order valence-corrected chi connectivity index (χ4v) is 1.24. The Bertz CT molecular complexity index is 367. The van der Waals surface area contributed by atoms with Crippen LogP contribution in [0.4, 0.5) is 5.69 Å². The van der Waals surface area contributed by atoms with Gasteiger partial charge in [-0.15, -0.1) is 0 Å². The third-order valence-electron chi connectivity index (χ3n) is 2.01. The Morgan fingerprint density at radius 2 is 2.35 bits per heavy atom. The number of carboxylic acids is 1. The summed E-state index contributed by atoms with van der Waals surface area (Å²) in [4.78, 5) is 14.4. The van der Waals surface area contributed by atoms with Crippen LogP contribution >= 0.6 is 0 Å². The first-order valence-corrected chi connectivity index (χ1v) is 5.60. The van der Waals surface area contributed by atoms with Gasteiger partial charge in [0.1, 0.15) is 5.69 Å². The van der Waals surface area contributed by atoms with E-state index < -0.39 is 5.97 Å². The molecule has 0 aliphatic heterocycles. The molecule has 0 aromatic carbocycles. The molecule has 1 rings (SSSR count). The predicted octanol–water partition coefficient (Wildman–Crippen LogP) is 1.86. The normalized spacial score (nSPS) is 10.5. The van der Waals surface area contributed by atoms with Gasteiger partial charge in [-0.2, -0.15) is 0 Å². The lowest BCUT2D eigenvalue weighted by Gasteiger charge is -2.09. The summed E-state index contributed by atoms with van der Waals surface area (Å²) in [6.45, 7) is 6.17. The molecule has 0 spiro atoms.